The molecular formula is C25H26N4O3. The molecule has 32 heavy (non-hydrogen) atoms. The van der Waals surface area contributed by atoms with Crippen LogP contribution in [0.4, 0.5) is 5.82 Å². The van der Waals surface area contributed by atoms with Crippen molar-refractivity contribution in [2.24, 2.45) is 0 Å². The van der Waals surface area contributed by atoms with Gasteiger partial charge >= 0.3 is 5.97 Å². The number of carboxylic acid groups (broad SMARTS) is 1. The van der Waals surface area contributed by atoms with E-state index in [9.17, 15) is 9.90 Å². The molecule has 2 aromatic heterocycles. The number of anilines is 1. The van der Waals surface area contributed by atoms with E-state index in [1.807, 2.05) is 31.2 Å². The standard InChI is InChI=1S/C25H26N4O3/c1-4-17-13-18(8-9-19(17)25(30)31)21-14-24(28-15-27-21)26-10-11-29-16(2)12-20-22(29)6-5-7-23(20)32-3/h5-9,12-15H,4,10-11H2,1-3H3,(H,30,31)(H,26,27,28). The molecule has 2 heterocycles. The summed E-state index contributed by atoms with van der Waals surface area (Å²) >= 11 is 0. The highest BCUT2D eigenvalue weighted by molar-refractivity contribution is 5.90. The van der Waals surface area contributed by atoms with Gasteiger partial charge in [0.2, 0.25) is 0 Å². The fourth-order valence-corrected chi connectivity index (χ4v) is 4.03. The zero-order chi connectivity index (χ0) is 22.7. The summed E-state index contributed by atoms with van der Waals surface area (Å²) < 4.78 is 7.74. The molecule has 2 N–H and O–H groups in total. The van der Waals surface area contributed by atoms with E-state index in [2.05, 4.69) is 38.9 Å². The normalized spacial score (nSPS) is 11.0. The third-order valence-corrected chi connectivity index (χ3v) is 5.65. The summed E-state index contributed by atoms with van der Waals surface area (Å²) in [5.74, 6) is 0.684. The second-order valence-corrected chi connectivity index (χ2v) is 7.58. The van der Waals surface area contributed by atoms with Gasteiger partial charge in [0.25, 0.3) is 0 Å². The number of hydrogen-bond donors (Lipinski definition) is 2. The highest BCUT2D eigenvalue weighted by atomic mass is 16.5. The molecule has 0 aliphatic carbocycles. The summed E-state index contributed by atoms with van der Waals surface area (Å²) in [6, 6.07) is 15.4. The first-order valence-corrected chi connectivity index (χ1v) is 10.6. The molecule has 4 rings (SSSR count). The van der Waals surface area contributed by atoms with Crippen LogP contribution in [0.1, 0.15) is 28.5 Å². The minimum absolute atomic E-state index is 0.328. The van der Waals surface area contributed by atoms with Gasteiger partial charge in [0.05, 0.1) is 23.9 Å². The minimum atomic E-state index is -0.913. The average Bonchev–Trinajstić information content (AvgIpc) is 3.14. The Labute approximate surface area is 186 Å². The number of aromatic nitrogens is 3. The molecule has 0 fully saturated rings. The molecule has 164 valence electrons. The number of aromatic carboxylic acids is 1. The Balaban J connectivity index is 1.51. The fraction of sp³-hybridized carbons (Fsp3) is 0.240. The van der Waals surface area contributed by atoms with Crippen molar-refractivity contribution in [2.75, 3.05) is 19.0 Å². The van der Waals surface area contributed by atoms with Gasteiger partial charge in [0, 0.05) is 35.8 Å². The van der Waals surface area contributed by atoms with Crippen LogP contribution < -0.4 is 10.1 Å². The SMILES string of the molecule is CCc1cc(-c2cc(NCCn3c(C)cc4c(OC)cccc43)ncn2)ccc1C(=O)O. The summed E-state index contributed by atoms with van der Waals surface area (Å²) in [7, 11) is 1.69. The van der Waals surface area contributed by atoms with Crippen LogP contribution in [0.2, 0.25) is 0 Å². The molecule has 4 aromatic rings. The molecule has 0 amide bonds. The van der Waals surface area contributed by atoms with Gasteiger partial charge in [-0.05, 0) is 49.2 Å². The summed E-state index contributed by atoms with van der Waals surface area (Å²) in [6.45, 7) is 5.50. The highest BCUT2D eigenvalue weighted by Gasteiger charge is 2.12. The number of methoxy groups -OCH3 is 1. The molecule has 0 radical (unpaired) electrons. The predicted octanol–water partition coefficient (Wildman–Crippen LogP) is 4.79. The molecule has 0 spiro atoms. The Bertz CT molecular complexity index is 1280. The maximum absolute atomic E-state index is 11.4. The van der Waals surface area contributed by atoms with Crippen molar-refractivity contribution < 1.29 is 14.6 Å². The predicted molar refractivity (Wildman–Crippen MR) is 126 cm³/mol. The summed E-state index contributed by atoms with van der Waals surface area (Å²) in [6.07, 6.45) is 2.16. The first kappa shape index (κ1) is 21.4. The topological polar surface area (TPSA) is 89.3 Å². The van der Waals surface area contributed by atoms with E-state index < -0.39 is 5.97 Å². The molecule has 0 saturated heterocycles. The number of carboxylic acids is 1. The maximum Gasteiger partial charge on any atom is 0.335 e. The van der Waals surface area contributed by atoms with Crippen LogP contribution in [-0.4, -0.2) is 39.3 Å². The van der Waals surface area contributed by atoms with Crippen molar-refractivity contribution in [1.82, 2.24) is 14.5 Å². The van der Waals surface area contributed by atoms with Gasteiger partial charge in [-0.3, -0.25) is 0 Å². The molecule has 2 aromatic carbocycles. The molecule has 0 unspecified atom stereocenters. The second-order valence-electron chi connectivity index (χ2n) is 7.58. The van der Waals surface area contributed by atoms with Crippen LogP contribution in [0, 0.1) is 6.92 Å². The van der Waals surface area contributed by atoms with Crippen molar-refractivity contribution in [3.8, 4) is 17.0 Å². The first-order valence-electron chi connectivity index (χ1n) is 10.6. The number of rotatable bonds is 8. The second kappa shape index (κ2) is 9.09. The molecule has 0 saturated carbocycles. The Morgan fingerprint density at radius 2 is 2.00 bits per heavy atom. The maximum atomic E-state index is 11.4. The molecular weight excluding hydrogens is 404 g/mol. The zero-order valence-electron chi connectivity index (χ0n) is 18.4. The zero-order valence-corrected chi connectivity index (χ0v) is 18.4. The van der Waals surface area contributed by atoms with Crippen LogP contribution in [-0.2, 0) is 13.0 Å². The van der Waals surface area contributed by atoms with Crippen LogP contribution in [0.3, 0.4) is 0 Å². The minimum Gasteiger partial charge on any atom is -0.496 e. The van der Waals surface area contributed by atoms with Gasteiger partial charge < -0.3 is 19.7 Å². The number of ether oxygens (including phenoxy) is 1. The van der Waals surface area contributed by atoms with E-state index in [-0.39, 0.29) is 0 Å². The molecule has 0 aliphatic rings. The van der Waals surface area contributed by atoms with Crippen LogP contribution in [0.25, 0.3) is 22.2 Å². The van der Waals surface area contributed by atoms with Crippen molar-refractivity contribution in [2.45, 2.75) is 26.8 Å². The van der Waals surface area contributed by atoms with Gasteiger partial charge in [-0.25, -0.2) is 14.8 Å². The number of carbonyl (C=O) groups is 1. The van der Waals surface area contributed by atoms with Gasteiger partial charge in [-0.1, -0.05) is 19.1 Å². The van der Waals surface area contributed by atoms with Crippen LogP contribution in [0.15, 0.2) is 54.9 Å². The lowest BCUT2D eigenvalue weighted by molar-refractivity contribution is 0.0695. The van der Waals surface area contributed by atoms with E-state index in [1.165, 1.54) is 12.0 Å². The lowest BCUT2D eigenvalue weighted by Gasteiger charge is -2.12. The van der Waals surface area contributed by atoms with E-state index in [1.54, 1.807) is 19.2 Å². The molecule has 7 nitrogen and oxygen atoms in total. The largest absolute Gasteiger partial charge is 0.496 e. The van der Waals surface area contributed by atoms with E-state index in [0.29, 0.717) is 18.5 Å². The molecule has 0 bridgehead atoms. The number of nitrogens with zero attached hydrogens (tertiary/aromatic N) is 3. The average molecular weight is 431 g/mol. The Kier molecular flexibility index (Phi) is 6.07. The summed E-state index contributed by atoms with van der Waals surface area (Å²) in [4.78, 5) is 20.1. The fourth-order valence-electron chi connectivity index (χ4n) is 4.03. The van der Waals surface area contributed by atoms with Crippen molar-refractivity contribution in [3.05, 3.63) is 71.7 Å². The van der Waals surface area contributed by atoms with Crippen LogP contribution in [0.5, 0.6) is 5.75 Å². The quantitative estimate of drug-likeness (QED) is 0.418. The highest BCUT2D eigenvalue weighted by Crippen LogP contribution is 2.28. The molecule has 0 atom stereocenters. The number of benzene rings is 2. The van der Waals surface area contributed by atoms with Crippen molar-refractivity contribution >= 4 is 22.7 Å². The van der Waals surface area contributed by atoms with E-state index in [4.69, 9.17) is 4.74 Å². The Morgan fingerprint density at radius 3 is 2.75 bits per heavy atom. The Hall–Kier alpha value is -3.87. The third kappa shape index (κ3) is 4.14. The summed E-state index contributed by atoms with van der Waals surface area (Å²) in [5.41, 5.74) is 5.04. The van der Waals surface area contributed by atoms with Crippen molar-refractivity contribution in [3.63, 3.8) is 0 Å². The molecule has 0 aliphatic heterocycles. The molecule has 7 heteroatoms. The smallest absolute Gasteiger partial charge is 0.335 e. The lowest BCUT2D eigenvalue weighted by Crippen LogP contribution is -2.12. The first-order chi connectivity index (χ1) is 15.5. The van der Waals surface area contributed by atoms with E-state index in [0.717, 1.165) is 45.8 Å². The summed E-state index contributed by atoms with van der Waals surface area (Å²) in [5, 5.41) is 13.8. The van der Waals surface area contributed by atoms with E-state index >= 15 is 0 Å². The van der Waals surface area contributed by atoms with Gasteiger partial charge in [-0.2, -0.15) is 0 Å². The lowest BCUT2D eigenvalue weighted by atomic mass is 10.0. The Morgan fingerprint density at radius 1 is 1.16 bits per heavy atom. The number of fused-ring (bicyclic) bond motifs is 1. The number of nitrogens with one attached hydrogen (secondary N) is 1. The van der Waals surface area contributed by atoms with Gasteiger partial charge in [-0.15, -0.1) is 0 Å². The van der Waals surface area contributed by atoms with Crippen LogP contribution >= 0.6 is 0 Å². The number of hydrogen-bond acceptors (Lipinski definition) is 5. The third-order valence-electron chi connectivity index (χ3n) is 5.65. The van der Waals surface area contributed by atoms with Gasteiger partial charge in [0.15, 0.2) is 0 Å². The van der Waals surface area contributed by atoms with Crippen molar-refractivity contribution in [1.29, 1.82) is 0 Å². The van der Waals surface area contributed by atoms with Gasteiger partial charge in [0.1, 0.15) is 17.9 Å². The monoisotopic (exact) mass is 430 g/mol. The number of aryl methyl sites for hydroxylation is 2.